The van der Waals surface area contributed by atoms with Crippen molar-refractivity contribution < 1.29 is 9.21 Å². The Balaban J connectivity index is 1.32. The highest BCUT2D eigenvalue weighted by Crippen LogP contribution is 2.28. The molecule has 1 amide bonds. The first-order chi connectivity index (χ1) is 14.9. The zero-order chi connectivity index (χ0) is 22.0. The van der Waals surface area contributed by atoms with E-state index in [1.54, 1.807) is 6.07 Å². The van der Waals surface area contributed by atoms with E-state index in [1.165, 1.54) is 0 Å². The number of para-hydroxylation sites is 1. The van der Waals surface area contributed by atoms with Gasteiger partial charge < -0.3 is 20.0 Å². The summed E-state index contributed by atoms with van der Waals surface area (Å²) in [4.78, 5) is 23.9. The molecule has 0 radical (unpaired) electrons. The first-order valence-corrected chi connectivity index (χ1v) is 11.0. The SMILES string of the molecule is Cc1cc(C(=O)NC[C@H]2CC[C@@H](Nc3nc(N(C)C)c4ccccc4n3)CC2)c(C)o1. The van der Waals surface area contributed by atoms with Gasteiger partial charge in [0.05, 0.1) is 11.1 Å². The number of amides is 1. The number of aromatic nitrogens is 2. The van der Waals surface area contributed by atoms with Gasteiger partial charge in [0, 0.05) is 32.1 Å². The van der Waals surface area contributed by atoms with Crippen LogP contribution in [0.4, 0.5) is 11.8 Å². The Morgan fingerprint density at radius 3 is 2.55 bits per heavy atom. The number of nitrogens with one attached hydrogen (secondary N) is 2. The molecule has 0 atom stereocenters. The lowest BCUT2D eigenvalue weighted by Crippen LogP contribution is -2.34. The third-order valence-corrected chi connectivity index (χ3v) is 6.02. The van der Waals surface area contributed by atoms with Gasteiger partial charge in [-0.25, -0.2) is 4.98 Å². The second-order valence-corrected chi connectivity index (χ2v) is 8.68. The summed E-state index contributed by atoms with van der Waals surface area (Å²) in [6, 6.07) is 10.3. The molecule has 7 nitrogen and oxygen atoms in total. The number of anilines is 2. The van der Waals surface area contributed by atoms with Crippen LogP contribution in [0.5, 0.6) is 0 Å². The molecule has 1 fully saturated rings. The molecule has 1 saturated carbocycles. The van der Waals surface area contributed by atoms with Crippen LogP contribution in [0.15, 0.2) is 34.7 Å². The van der Waals surface area contributed by atoms with Crippen molar-refractivity contribution in [1.29, 1.82) is 0 Å². The quantitative estimate of drug-likeness (QED) is 0.617. The number of carbonyl (C=O) groups is 1. The summed E-state index contributed by atoms with van der Waals surface area (Å²) in [5.41, 5.74) is 1.59. The minimum atomic E-state index is -0.0459. The van der Waals surface area contributed by atoms with Crippen LogP contribution < -0.4 is 15.5 Å². The molecule has 2 aromatic heterocycles. The molecule has 0 bridgehead atoms. The Hall–Kier alpha value is -3.09. The molecule has 31 heavy (non-hydrogen) atoms. The zero-order valence-electron chi connectivity index (χ0n) is 18.7. The Bertz CT molecular complexity index is 1070. The molecule has 0 aliphatic heterocycles. The van der Waals surface area contributed by atoms with Crippen molar-refractivity contribution >= 4 is 28.6 Å². The van der Waals surface area contributed by atoms with Gasteiger partial charge in [0.1, 0.15) is 17.3 Å². The van der Waals surface area contributed by atoms with Crippen LogP contribution in [-0.4, -0.2) is 42.6 Å². The molecule has 2 N–H and O–H groups in total. The minimum Gasteiger partial charge on any atom is -0.466 e. The number of benzene rings is 1. The number of rotatable bonds is 6. The van der Waals surface area contributed by atoms with Gasteiger partial charge in [-0.1, -0.05) is 12.1 Å². The van der Waals surface area contributed by atoms with Crippen LogP contribution in [-0.2, 0) is 0 Å². The number of fused-ring (bicyclic) bond motifs is 1. The number of aryl methyl sites for hydroxylation is 2. The van der Waals surface area contributed by atoms with Gasteiger partial charge in [0.25, 0.3) is 5.91 Å². The number of nitrogens with zero attached hydrogens (tertiary/aromatic N) is 3. The molecule has 0 spiro atoms. The van der Waals surface area contributed by atoms with Crippen molar-refractivity contribution in [3.63, 3.8) is 0 Å². The molecular weight excluding hydrogens is 390 g/mol. The van der Waals surface area contributed by atoms with E-state index in [-0.39, 0.29) is 5.91 Å². The Kier molecular flexibility index (Phi) is 6.11. The first kappa shape index (κ1) is 21.2. The second-order valence-electron chi connectivity index (χ2n) is 8.68. The maximum atomic E-state index is 12.4. The Morgan fingerprint density at radius 1 is 1.13 bits per heavy atom. The predicted molar refractivity (Wildman–Crippen MR) is 124 cm³/mol. The second kappa shape index (κ2) is 8.96. The summed E-state index contributed by atoms with van der Waals surface area (Å²) in [6.45, 7) is 4.39. The van der Waals surface area contributed by atoms with Crippen molar-refractivity contribution in [3.8, 4) is 0 Å². The topological polar surface area (TPSA) is 83.3 Å². The lowest BCUT2D eigenvalue weighted by Gasteiger charge is -2.29. The van der Waals surface area contributed by atoms with Crippen molar-refractivity contribution in [1.82, 2.24) is 15.3 Å². The van der Waals surface area contributed by atoms with Gasteiger partial charge in [0.15, 0.2) is 0 Å². The maximum absolute atomic E-state index is 12.4. The van der Waals surface area contributed by atoms with Crippen LogP contribution in [0, 0.1) is 19.8 Å². The third kappa shape index (κ3) is 4.81. The van der Waals surface area contributed by atoms with Gasteiger partial charge >= 0.3 is 0 Å². The van der Waals surface area contributed by atoms with E-state index < -0.39 is 0 Å². The molecule has 164 valence electrons. The average molecular weight is 422 g/mol. The predicted octanol–water partition coefficient (Wildman–Crippen LogP) is 4.31. The van der Waals surface area contributed by atoms with E-state index in [0.29, 0.717) is 35.8 Å². The van der Waals surface area contributed by atoms with Crippen LogP contribution in [0.25, 0.3) is 10.9 Å². The largest absolute Gasteiger partial charge is 0.466 e. The van der Waals surface area contributed by atoms with Crippen molar-refractivity contribution in [2.45, 2.75) is 45.6 Å². The molecule has 4 rings (SSSR count). The molecule has 3 aromatic rings. The maximum Gasteiger partial charge on any atom is 0.254 e. The van der Waals surface area contributed by atoms with Crippen LogP contribution in [0.3, 0.4) is 0 Å². The van der Waals surface area contributed by atoms with Gasteiger partial charge in [-0.15, -0.1) is 0 Å². The normalized spacial score (nSPS) is 18.7. The van der Waals surface area contributed by atoms with E-state index in [2.05, 4.69) is 16.7 Å². The molecule has 1 aromatic carbocycles. The minimum absolute atomic E-state index is 0.0459. The lowest BCUT2D eigenvalue weighted by atomic mass is 9.86. The summed E-state index contributed by atoms with van der Waals surface area (Å²) < 4.78 is 5.46. The molecular formula is C24H31N5O2. The number of hydrogen-bond donors (Lipinski definition) is 2. The Labute approximate surface area is 183 Å². The Morgan fingerprint density at radius 2 is 1.87 bits per heavy atom. The fraction of sp³-hybridized carbons (Fsp3) is 0.458. The number of furan rings is 1. The molecule has 0 saturated heterocycles. The monoisotopic (exact) mass is 421 g/mol. The fourth-order valence-corrected chi connectivity index (χ4v) is 4.35. The molecule has 2 heterocycles. The molecule has 0 unspecified atom stereocenters. The zero-order valence-corrected chi connectivity index (χ0v) is 18.7. The van der Waals surface area contributed by atoms with Gasteiger partial charge in [-0.05, 0) is 63.6 Å². The number of hydrogen-bond acceptors (Lipinski definition) is 6. The standard InChI is InChI=1S/C24H31N5O2/c1-15-13-20(16(2)31-15)23(30)25-14-17-9-11-18(12-10-17)26-24-27-21-8-6-5-7-19(21)22(28-24)29(3)4/h5-8,13,17-18H,9-12,14H2,1-4H3,(H,25,30)(H,26,27,28)/t17-,18+. The summed E-state index contributed by atoms with van der Waals surface area (Å²) in [6.07, 6.45) is 4.21. The summed E-state index contributed by atoms with van der Waals surface area (Å²) in [5.74, 6) is 3.50. The van der Waals surface area contributed by atoms with Crippen molar-refractivity contribution in [2.24, 2.45) is 5.92 Å². The van der Waals surface area contributed by atoms with Gasteiger partial charge in [0.2, 0.25) is 5.95 Å². The summed E-state index contributed by atoms with van der Waals surface area (Å²) in [7, 11) is 4.01. The molecule has 1 aliphatic rings. The highest BCUT2D eigenvalue weighted by atomic mass is 16.3. The van der Waals surface area contributed by atoms with Crippen LogP contribution in [0.2, 0.25) is 0 Å². The fourth-order valence-electron chi connectivity index (χ4n) is 4.35. The van der Waals surface area contributed by atoms with Crippen LogP contribution >= 0.6 is 0 Å². The summed E-state index contributed by atoms with van der Waals surface area (Å²) in [5, 5.41) is 7.68. The van der Waals surface area contributed by atoms with E-state index in [4.69, 9.17) is 14.4 Å². The first-order valence-electron chi connectivity index (χ1n) is 11.0. The smallest absolute Gasteiger partial charge is 0.254 e. The summed E-state index contributed by atoms with van der Waals surface area (Å²) >= 11 is 0. The lowest BCUT2D eigenvalue weighted by molar-refractivity contribution is 0.0941. The number of carbonyl (C=O) groups excluding carboxylic acids is 1. The van der Waals surface area contributed by atoms with E-state index >= 15 is 0 Å². The molecule has 1 aliphatic carbocycles. The van der Waals surface area contributed by atoms with E-state index in [1.807, 2.05) is 51.0 Å². The highest BCUT2D eigenvalue weighted by molar-refractivity contribution is 5.95. The van der Waals surface area contributed by atoms with Crippen LogP contribution in [0.1, 0.15) is 47.6 Å². The average Bonchev–Trinajstić information content (AvgIpc) is 3.10. The van der Waals surface area contributed by atoms with Gasteiger partial charge in [-0.2, -0.15) is 4.98 Å². The highest BCUT2D eigenvalue weighted by Gasteiger charge is 2.23. The van der Waals surface area contributed by atoms with Crippen molar-refractivity contribution in [2.75, 3.05) is 30.9 Å². The van der Waals surface area contributed by atoms with E-state index in [9.17, 15) is 4.79 Å². The van der Waals surface area contributed by atoms with E-state index in [0.717, 1.165) is 48.2 Å². The third-order valence-electron chi connectivity index (χ3n) is 6.02. The molecule has 7 heteroatoms. The van der Waals surface area contributed by atoms with Gasteiger partial charge in [-0.3, -0.25) is 4.79 Å². The van der Waals surface area contributed by atoms with Crippen molar-refractivity contribution in [3.05, 3.63) is 47.4 Å².